The van der Waals surface area contributed by atoms with Gasteiger partial charge in [-0.3, -0.25) is 8.98 Å². The first-order chi connectivity index (χ1) is 10.7. The van der Waals surface area contributed by atoms with Crippen LogP contribution >= 0.6 is 0 Å². The van der Waals surface area contributed by atoms with Gasteiger partial charge in [-0.1, -0.05) is 6.07 Å². The van der Waals surface area contributed by atoms with E-state index < -0.39 is 22.3 Å². The Balaban J connectivity index is 1.89. The second kappa shape index (κ2) is 5.63. The van der Waals surface area contributed by atoms with Crippen LogP contribution in [0.25, 0.3) is 10.9 Å². The molecule has 3 rings (SSSR count). The number of fused-ring (bicyclic) bond motifs is 3. The van der Waals surface area contributed by atoms with E-state index in [9.17, 15) is 18.3 Å². The highest BCUT2D eigenvalue weighted by Gasteiger charge is 2.32. The highest BCUT2D eigenvalue weighted by atomic mass is 32.2. The standard InChI is InChI=1S/C15H17NO6S/c1-8-5-9-6-12(11(17)7-21-23(2,19)20)22-15(9)10-3-4-13(18)16-14(8)10/h3-5,11-12,17H,6-7H2,1-2H3,(H,16,18). The molecule has 1 aromatic heterocycles. The van der Waals surface area contributed by atoms with Crippen LogP contribution in [0.15, 0.2) is 23.0 Å². The van der Waals surface area contributed by atoms with Crippen LogP contribution in [0, 0.1) is 6.92 Å². The fourth-order valence-corrected chi connectivity index (χ4v) is 3.15. The van der Waals surface area contributed by atoms with Crippen LogP contribution in [0.4, 0.5) is 0 Å². The third-order valence-corrected chi connectivity index (χ3v) is 4.38. The Morgan fingerprint density at radius 1 is 1.48 bits per heavy atom. The number of aromatic amines is 1. The van der Waals surface area contributed by atoms with Crippen molar-refractivity contribution >= 4 is 21.0 Å². The number of H-pyrrole nitrogens is 1. The van der Waals surface area contributed by atoms with Crippen molar-refractivity contribution in [2.75, 3.05) is 12.9 Å². The SMILES string of the molecule is Cc1cc2c(c3ccc(=O)[nH]c13)OC(C(O)COS(C)(=O)=O)C2. The first-order valence-corrected chi connectivity index (χ1v) is 8.91. The summed E-state index contributed by atoms with van der Waals surface area (Å²) in [5.41, 5.74) is 2.31. The van der Waals surface area contributed by atoms with Crippen LogP contribution in [-0.2, 0) is 20.7 Å². The van der Waals surface area contributed by atoms with E-state index in [4.69, 9.17) is 4.74 Å². The molecule has 0 aliphatic carbocycles. The first kappa shape index (κ1) is 16.0. The predicted octanol–water partition coefficient (Wildman–Crippen LogP) is 0.477. The average molecular weight is 339 g/mol. The lowest BCUT2D eigenvalue weighted by Gasteiger charge is -2.17. The second-order valence-corrected chi connectivity index (χ2v) is 7.35. The monoisotopic (exact) mass is 339 g/mol. The van der Waals surface area contributed by atoms with Crippen molar-refractivity contribution in [1.29, 1.82) is 0 Å². The molecule has 7 nitrogen and oxygen atoms in total. The van der Waals surface area contributed by atoms with Gasteiger partial charge in [0, 0.05) is 17.9 Å². The quantitative estimate of drug-likeness (QED) is 0.785. The minimum absolute atomic E-state index is 0.198. The third-order valence-electron chi connectivity index (χ3n) is 3.81. The molecule has 2 atom stereocenters. The topological polar surface area (TPSA) is 106 Å². The summed E-state index contributed by atoms with van der Waals surface area (Å²) < 4.78 is 32.4. The molecule has 2 N–H and O–H groups in total. The van der Waals surface area contributed by atoms with Gasteiger partial charge in [-0.25, -0.2) is 0 Å². The summed E-state index contributed by atoms with van der Waals surface area (Å²) in [4.78, 5) is 14.3. The Labute approximate surface area is 133 Å². The van der Waals surface area contributed by atoms with Crippen LogP contribution in [0.2, 0.25) is 0 Å². The van der Waals surface area contributed by atoms with Crippen molar-refractivity contribution in [3.8, 4) is 5.75 Å². The maximum Gasteiger partial charge on any atom is 0.264 e. The van der Waals surface area contributed by atoms with Crippen LogP contribution < -0.4 is 10.3 Å². The molecule has 0 saturated heterocycles. The molecule has 124 valence electrons. The minimum Gasteiger partial charge on any atom is -0.486 e. The molecule has 0 spiro atoms. The van der Waals surface area contributed by atoms with Gasteiger partial charge in [0.15, 0.2) is 0 Å². The molecular weight excluding hydrogens is 322 g/mol. The van der Waals surface area contributed by atoms with Gasteiger partial charge in [0.1, 0.15) is 18.0 Å². The van der Waals surface area contributed by atoms with Gasteiger partial charge < -0.3 is 14.8 Å². The number of pyridine rings is 1. The van der Waals surface area contributed by atoms with Gasteiger partial charge in [-0.2, -0.15) is 8.42 Å². The molecule has 0 amide bonds. The number of aromatic nitrogens is 1. The zero-order chi connectivity index (χ0) is 16.8. The molecule has 1 aliphatic heterocycles. The average Bonchev–Trinajstić information content (AvgIpc) is 2.88. The Hall–Kier alpha value is -1.90. The number of benzene rings is 1. The zero-order valence-electron chi connectivity index (χ0n) is 12.7. The summed E-state index contributed by atoms with van der Waals surface area (Å²) in [5, 5.41) is 10.9. The van der Waals surface area contributed by atoms with Crippen LogP contribution in [0.3, 0.4) is 0 Å². The number of ether oxygens (including phenoxy) is 1. The molecule has 2 unspecified atom stereocenters. The van der Waals surface area contributed by atoms with Crippen molar-refractivity contribution < 1.29 is 22.4 Å². The molecular formula is C15H17NO6S. The molecule has 0 saturated carbocycles. The number of hydrogen-bond donors (Lipinski definition) is 2. The minimum atomic E-state index is -3.62. The van der Waals surface area contributed by atoms with E-state index in [0.29, 0.717) is 17.7 Å². The zero-order valence-corrected chi connectivity index (χ0v) is 13.5. The molecule has 1 aliphatic rings. The van der Waals surface area contributed by atoms with Crippen molar-refractivity contribution in [1.82, 2.24) is 4.98 Å². The molecule has 0 radical (unpaired) electrons. The predicted molar refractivity (Wildman–Crippen MR) is 84.2 cm³/mol. The molecule has 0 fully saturated rings. The van der Waals surface area contributed by atoms with Crippen molar-refractivity contribution in [3.05, 3.63) is 39.7 Å². The molecule has 2 aromatic rings. The van der Waals surface area contributed by atoms with Gasteiger partial charge >= 0.3 is 0 Å². The fourth-order valence-electron chi connectivity index (χ4n) is 2.76. The van der Waals surface area contributed by atoms with Crippen molar-refractivity contribution in [3.63, 3.8) is 0 Å². The maximum atomic E-state index is 11.5. The molecule has 2 heterocycles. The Kier molecular flexibility index (Phi) is 3.91. The van der Waals surface area contributed by atoms with E-state index >= 15 is 0 Å². The van der Waals surface area contributed by atoms with Gasteiger partial charge in [-0.15, -0.1) is 0 Å². The number of hydrogen-bond acceptors (Lipinski definition) is 6. The molecule has 23 heavy (non-hydrogen) atoms. The number of nitrogens with one attached hydrogen (secondary N) is 1. The largest absolute Gasteiger partial charge is 0.486 e. The Morgan fingerprint density at radius 3 is 2.91 bits per heavy atom. The van der Waals surface area contributed by atoms with E-state index in [1.165, 1.54) is 6.07 Å². The summed E-state index contributed by atoms with van der Waals surface area (Å²) in [6.07, 6.45) is -0.296. The number of rotatable bonds is 4. The summed E-state index contributed by atoms with van der Waals surface area (Å²) in [5.74, 6) is 0.602. The van der Waals surface area contributed by atoms with Gasteiger partial charge in [0.25, 0.3) is 10.1 Å². The van der Waals surface area contributed by atoms with E-state index in [-0.39, 0.29) is 12.2 Å². The summed E-state index contributed by atoms with van der Waals surface area (Å²) in [6, 6.07) is 5.00. The van der Waals surface area contributed by atoms with E-state index in [2.05, 4.69) is 9.17 Å². The molecule has 1 aromatic carbocycles. The second-order valence-electron chi connectivity index (χ2n) is 5.71. The normalized spacial score (nSPS) is 18.7. The number of aryl methyl sites for hydroxylation is 1. The summed E-state index contributed by atoms with van der Waals surface area (Å²) in [6.45, 7) is 1.53. The summed E-state index contributed by atoms with van der Waals surface area (Å²) in [7, 11) is -3.62. The van der Waals surface area contributed by atoms with Crippen LogP contribution in [-0.4, -0.2) is 43.6 Å². The summed E-state index contributed by atoms with van der Waals surface area (Å²) >= 11 is 0. The molecule has 0 bridgehead atoms. The van der Waals surface area contributed by atoms with Gasteiger partial charge in [-0.05, 0) is 24.1 Å². The third kappa shape index (κ3) is 3.24. The number of aliphatic hydroxyl groups is 1. The highest BCUT2D eigenvalue weighted by Crippen LogP contribution is 2.37. The highest BCUT2D eigenvalue weighted by molar-refractivity contribution is 7.85. The lowest BCUT2D eigenvalue weighted by Crippen LogP contribution is -2.34. The fraction of sp³-hybridized carbons (Fsp3) is 0.400. The van der Waals surface area contributed by atoms with Gasteiger partial charge in [0.2, 0.25) is 5.56 Å². The van der Waals surface area contributed by atoms with E-state index in [1.807, 2.05) is 13.0 Å². The Morgan fingerprint density at radius 2 is 2.22 bits per heavy atom. The van der Waals surface area contributed by atoms with E-state index in [1.54, 1.807) is 6.07 Å². The smallest absolute Gasteiger partial charge is 0.264 e. The first-order valence-electron chi connectivity index (χ1n) is 7.09. The van der Waals surface area contributed by atoms with E-state index in [0.717, 1.165) is 22.8 Å². The molecule has 8 heteroatoms. The number of aliphatic hydroxyl groups excluding tert-OH is 1. The maximum absolute atomic E-state index is 11.5. The van der Waals surface area contributed by atoms with Crippen molar-refractivity contribution in [2.24, 2.45) is 0 Å². The van der Waals surface area contributed by atoms with Gasteiger partial charge in [0.05, 0.1) is 18.4 Å². The Bertz CT molecular complexity index is 917. The lowest BCUT2D eigenvalue weighted by molar-refractivity contribution is 0.0192. The van der Waals surface area contributed by atoms with Crippen LogP contribution in [0.5, 0.6) is 5.75 Å². The van der Waals surface area contributed by atoms with Crippen LogP contribution in [0.1, 0.15) is 11.1 Å². The van der Waals surface area contributed by atoms with Crippen molar-refractivity contribution in [2.45, 2.75) is 25.6 Å². The lowest BCUT2D eigenvalue weighted by atomic mass is 10.0.